The van der Waals surface area contributed by atoms with Crippen LogP contribution in [0.1, 0.15) is 17.9 Å². The zero-order chi connectivity index (χ0) is 23.1. The fraction of sp³-hybridized carbons (Fsp3) is 0.273. The summed E-state index contributed by atoms with van der Waals surface area (Å²) < 4.78 is 66.7. The Morgan fingerprint density at radius 3 is 2.66 bits per heavy atom. The average molecular weight is 452 g/mol. The maximum absolute atomic E-state index is 13.8. The molecule has 2 aromatic carbocycles. The number of alkyl halides is 2. The fourth-order valence-electron chi connectivity index (χ4n) is 2.96. The SMILES string of the molecule is COc1ccc(CCNC(=O)CCc2ncc(-c3ccc(F)cc3F)o2)cc1OC(F)F. The van der Waals surface area contributed by atoms with E-state index in [2.05, 4.69) is 15.0 Å². The lowest BCUT2D eigenvalue weighted by Crippen LogP contribution is -2.25. The van der Waals surface area contributed by atoms with Crippen molar-refractivity contribution in [2.45, 2.75) is 25.9 Å². The van der Waals surface area contributed by atoms with E-state index in [1.165, 1.54) is 31.5 Å². The third kappa shape index (κ3) is 6.22. The van der Waals surface area contributed by atoms with Gasteiger partial charge in [-0.25, -0.2) is 13.8 Å². The molecule has 0 radical (unpaired) electrons. The zero-order valence-corrected chi connectivity index (χ0v) is 17.0. The molecule has 10 heteroatoms. The molecule has 0 atom stereocenters. The van der Waals surface area contributed by atoms with Gasteiger partial charge < -0.3 is 19.2 Å². The number of carbonyl (C=O) groups excluding carboxylic acids is 1. The molecule has 0 unspecified atom stereocenters. The van der Waals surface area contributed by atoms with E-state index in [1.807, 2.05) is 0 Å². The van der Waals surface area contributed by atoms with Crippen LogP contribution in [0, 0.1) is 11.6 Å². The summed E-state index contributed by atoms with van der Waals surface area (Å²) in [6, 6.07) is 7.74. The normalized spacial score (nSPS) is 10.9. The number of oxazole rings is 1. The Bertz CT molecular complexity index is 1070. The Kier molecular flexibility index (Phi) is 7.69. The number of ether oxygens (including phenoxy) is 2. The lowest BCUT2D eigenvalue weighted by Gasteiger charge is -2.11. The molecule has 1 heterocycles. The van der Waals surface area contributed by atoms with Crippen molar-refractivity contribution in [3.05, 3.63) is 65.7 Å². The third-order valence-electron chi connectivity index (χ3n) is 4.50. The van der Waals surface area contributed by atoms with Crippen LogP contribution in [0.4, 0.5) is 17.6 Å². The van der Waals surface area contributed by atoms with Crippen molar-refractivity contribution in [3.8, 4) is 22.8 Å². The largest absolute Gasteiger partial charge is 0.493 e. The molecule has 1 aromatic heterocycles. The van der Waals surface area contributed by atoms with E-state index < -0.39 is 18.2 Å². The second-order valence-corrected chi connectivity index (χ2v) is 6.71. The van der Waals surface area contributed by atoms with Gasteiger partial charge in [-0.15, -0.1) is 0 Å². The lowest BCUT2D eigenvalue weighted by molar-refractivity contribution is -0.121. The van der Waals surface area contributed by atoms with Crippen molar-refractivity contribution in [2.75, 3.05) is 13.7 Å². The molecule has 0 fully saturated rings. The molecule has 170 valence electrons. The van der Waals surface area contributed by atoms with Gasteiger partial charge >= 0.3 is 6.61 Å². The first-order valence-electron chi connectivity index (χ1n) is 9.64. The molecule has 3 rings (SSSR count). The first-order chi connectivity index (χ1) is 15.4. The Labute approximate surface area is 181 Å². The maximum Gasteiger partial charge on any atom is 0.387 e. The predicted molar refractivity (Wildman–Crippen MR) is 107 cm³/mol. The van der Waals surface area contributed by atoms with Crippen LogP contribution in [-0.4, -0.2) is 31.2 Å². The van der Waals surface area contributed by atoms with Gasteiger partial charge in [-0.1, -0.05) is 6.07 Å². The molecule has 0 bridgehead atoms. The van der Waals surface area contributed by atoms with E-state index >= 15 is 0 Å². The molecule has 6 nitrogen and oxygen atoms in total. The van der Waals surface area contributed by atoms with Crippen LogP contribution >= 0.6 is 0 Å². The second kappa shape index (κ2) is 10.7. The number of halogens is 4. The quantitative estimate of drug-likeness (QED) is 0.458. The van der Waals surface area contributed by atoms with Crippen LogP contribution in [0.15, 0.2) is 47.0 Å². The Hall–Kier alpha value is -3.56. The average Bonchev–Trinajstić information content (AvgIpc) is 3.21. The van der Waals surface area contributed by atoms with Gasteiger partial charge in [-0.2, -0.15) is 8.78 Å². The van der Waals surface area contributed by atoms with E-state index in [9.17, 15) is 22.4 Å². The molecule has 0 spiro atoms. The highest BCUT2D eigenvalue weighted by molar-refractivity contribution is 5.76. The summed E-state index contributed by atoms with van der Waals surface area (Å²) in [5.74, 6) is -1.26. The van der Waals surface area contributed by atoms with Crippen LogP contribution in [0.3, 0.4) is 0 Å². The summed E-state index contributed by atoms with van der Waals surface area (Å²) in [5.41, 5.74) is 0.754. The minimum Gasteiger partial charge on any atom is -0.493 e. The highest BCUT2D eigenvalue weighted by Gasteiger charge is 2.14. The highest BCUT2D eigenvalue weighted by atomic mass is 19.3. The number of rotatable bonds is 10. The molecule has 0 aliphatic carbocycles. The second-order valence-electron chi connectivity index (χ2n) is 6.71. The number of hydrogen-bond donors (Lipinski definition) is 1. The number of hydrogen-bond acceptors (Lipinski definition) is 5. The van der Waals surface area contributed by atoms with Gasteiger partial charge in [0, 0.05) is 25.5 Å². The van der Waals surface area contributed by atoms with Crippen LogP contribution in [0.5, 0.6) is 11.5 Å². The minimum atomic E-state index is -2.98. The predicted octanol–water partition coefficient (Wildman–Crippen LogP) is 4.52. The maximum atomic E-state index is 13.8. The number of methoxy groups -OCH3 is 1. The van der Waals surface area contributed by atoms with E-state index in [0.29, 0.717) is 12.0 Å². The molecule has 0 aliphatic rings. The van der Waals surface area contributed by atoms with Crippen molar-refractivity contribution in [2.24, 2.45) is 0 Å². The third-order valence-corrected chi connectivity index (χ3v) is 4.50. The van der Waals surface area contributed by atoms with E-state index in [-0.39, 0.29) is 54.0 Å². The fourth-order valence-corrected chi connectivity index (χ4v) is 2.96. The van der Waals surface area contributed by atoms with Gasteiger partial charge in [-0.05, 0) is 36.2 Å². The van der Waals surface area contributed by atoms with Gasteiger partial charge in [0.25, 0.3) is 0 Å². The van der Waals surface area contributed by atoms with E-state index in [0.717, 1.165) is 12.1 Å². The summed E-state index contributed by atoms with van der Waals surface area (Å²) in [6.07, 6.45) is 1.96. The van der Waals surface area contributed by atoms with E-state index in [1.54, 1.807) is 6.07 Å². The van der Waals surface area contributed by atoms with Crippen molar-refractivity contribution in [1.82, 2.24) is 10.3 Å². The molecule has 32 heavy (non-hydrogen) atoms. The van der Waals surface area contributed by atoms with Crippen molar-refractivity contribution in [3.63, 3.8) is 0 Å². The van der Waals surface area contributed by atoms with E-state index in [4.69, 9.17) is 9.15 Å². The Morgan fingerprint density at radius 2 is 1.94 bits per heavy atom. The standard InChI is InChI=1S/C22H20F4N2O4/c1-30-17-5-2-13(10-18(17)32-22(25)26)8-9-27-20(29)6-7-21-28-12-19(31-21)15-4-3-14(23)11-16(15)24/h2-5,10-12,22H,6-9H2,1H3,(H,27,29). The number of amides is 1. The molecule has 0 saturated heterocycles. The monoisotopic (exact) mass is 452 g/mol. The molecule has 1 N–H and O–H groups in total. The highest BCUT2D eigenvalue weighted by Crippen LogP contribution is 2.29. The number of benzene rings is 2. The van der Waals surface area contributed by atoms with Crippen LogP contribution in [0.25, 0.3) is 11.3 Å². The molecular weight excluding hydrogens is 432 g/mol. The van der Waals surface area contributed by atoms with Crippen molar-refractivity contribution in [1.29, 1.82) is 0 Å². The zero-order valence-electron chi connectivity index (χ0n) is 17.0. The van der Waals surface area contributed by atoms with Gasteiger partial charge in [0.2, 0.25) is 5.91 Å². The number of aryl methyl sites for hydroxylation is 1. The summed E-state index contributed by atoms with van der Waals surface area (Å²) in [4.78, 5) is 16.1. The van der Waals surface area contributed by atoms with Crippen LogP contribution in [-0.2, 0) is 17.6 Å². The molecule has 0 saturated carbocycles. The van der Waals surface area contributed by atoms with Crippen LogP contribution in [0.2, 0.25) is 0 Å². The number of nitrogens with zero attached hydrogens (tertiary/aromatic N) is 1. The Morgan fingerprint density at radius 1 is 1.12 bits per heavy atom. The van der Waals surface area contributed by atoms with Gasteiger partial charge in [0.15, 0.2) is 23.1 Å². The summed E-state index contributed by atoms with van der Waals surface area (Å²) in [5, 5.41) is 2.71. The Balaban J connectivity index is 1.47. The molecule has 3 aromatic rings. The molecule has 0 aliphatic heterocycles. The number of carbonyl (C=O) groups is 1. The lowest BCUT2D eigenvalue weighted by atomic mass is 10.1. The van der Waals surface area contributed by atoms with Crippen molar-refractivity contribution < 1.29 is 36.2 Å². The topological polar surface area (TPSA) is 73.6 Å². The van der Waals surface area contributed by atoms with Gasteiger partial charge in [0.1, 0.15) is 11.6 Å². The summed E-state index contributed by atoms with van der Waals surface area (Å²) in [7, 11) is 1.35. The van der Waals surface area contributed by atoms with Gasteiger partial charge in [-0.3, -0.25) is 4.79 Å². The van der Waals surface area contributed by atoms with Gasteiger partial charge in [0.05, 0.1) is 18.9 Å². The summed E-state index contributed by atoms with van der Waals surface area (Å²) >= 11 is 0. The number of aromatic nitrogens is 1. The molecular formula is C22H20F4N2O4. The first kappa shape index (κ1) is 23.1. The minimum absolute atomic E-state index is 0.0734. The number of nitrogens with one attached hydrogen (secondary N) is 1. The first-order valence-corrected chi connectivity index (χ1v) is 9.64. The summed E-state index contributed by atoms with van der Waals surface area (Å²) in [6.45, 7) is -2.70. The smallest absolute Gasteiger partial charge is 0.387 e. The van der Waals surface area contributed by atoms with Crippen LogP contribution < -0.4 is 14.8 Å². The van der Waals surface area contributed by atoms with Crippen molar-refractivity contribution >= 4 is 5.91 Å². The molecule has 1 amide bonds.